The molecule has 1 rings (SSSR count). The van der Waals surface area contributed by atoms with Crippen molar-refractivity contribution in [2.24, 2.45) is 0 Å². The molecule has 0 saturated heterocycles. The summed E-state index contributed by atoms with van der Waals surface area (Å²) in [5.41, 5.74) is 0.891. The fourth-order valence-electron chi connectivity index (χ4n) is 0.771. The van der Waals surface area contributed by atoms with Crippen LogP contribution in [0.2, 0.25) is 0 Å². The SMILES string of the molecule is O=Cc1ccccc1CF. The third-order valence-electron chi connectivity index (χ3n) is 1.33. The summed E-state index contributed by atoms with van der Waals surface area (Å²) < 4.78 is 12.0. The first-order valence-corrected chi connectivity index (χ1v) is 2.97. The van der Waals surface area contributed by atoms with Crippen molar-refractivity contribution in [3.63, 3.8) is 0 Å². The summed E-state index contributed by atoms with van der Waals surface area (Å²) in [5, 5.41) is 0. The molecule has 0 N–H and O–H groups in total. The molecular weight excluding hydrogens is 131 g/mol. The average molecular weight is 138 g/mol. The molecule has 0 aliphatic heterocycles. The van der Waals surface area contributed by atoms with Crippen LogP contribution in [0.3, 0.4) is 0 Å². The van der Waals surface area contributed by atoms with Crippen molar-refractivity contribution in [2.75, 3.05) is 0 Å². The molecule has 0 spiro atoms. The number of carbonyl (C=O) groups is 1. The van der Waals surface area contributed by atoms with Gasteiger partial charge in [-0.15, -0.1) is 0 Å². The van der Waals surface area contributed by atoms with Crippen LogP contribution in [0, 0.1) is 0 Å². The first kappa shape index (κ1) is 6.93. The van der Waals surface area contributed by atoms with Crippen LogP contribution < -0.4 is 0 Å². The number of rotatable bonds is 2. The van der Waals surface area contributed by atoms with Gasteiger partial charge >= 0.3 is 0 Å². The van der Waals surface area contributed by atoms with Crippen LogP contribution >= 0.6 is 0 Å². The van der Waals surface area contributed by atoms with Crippen molar-refractivity contribution in [2.45, 2.75) is 6.67 Å². The summed E-state index contributed by atoms with van der Waals surface area (Å²) >= 11 is 0. The van der Waals surface area contributed by atoms with Crippen molar-refractivity contribution in [1.82, 2.24) is 0 Å². The van der Waals surface area contributed by atoms with Crippen LogP contribution in [0.1, 0.15) is 15.9 Å². The molecule has 0 saturated carbocycles. The predicted molar refractivity (Wildman–Crippen MR) is 36.6 cm³/mol. The predicted octanol–water partition coefficient (Wildman–Crippen LogP) is 1.97. The van der Waals surface area contributed by atoms with E-state index in [1.807, 2.05) is 0 Å². The summed E-state index contributed by atoms with van der Waals surface area (Å²) in [6.07, 6.45) is 0.662. The van der Waals surface area contributed by atoms with Gasteiger partial charge in [0.1, 0.15) is 13.0 Å². The maximum atomic E-state index is 12.0. The van der Waals surface area contributed by atoms with E-state index in [-0.39, 0.29) is 0 Å². The quantitative estimate of drug-likeness (QED) is 0.571. The van der Waals surface area contributed by atoms with Crippen LogP contribution in [0.4, 0.5) is 4.39 Å². The molecule has 0 aliphatic carbocycles. The van der Waals surface area contributed by atoms with E-state index in [0.29, 0.717) is 17.4 Å². The number of hydrogen-bond donors (Lipinski definition) is 0. The van der Waals surface area contributed by atoms with E-state index in [4.69, 9.17) is 0 Å². The molecule has 2 heteroatoms. The normalized spacial score (nSPS) is 9.30. The number of carbonyl (C=O) groups excluding carboxylic acids is 1. The molecule has 0 aromatic heterocycles. The number of alkyl halides is 1. The number of aldehydes is 1. The largest absolute Gasteiger partial charge is 0.298 e. The summed E-state index contributed by atoms with van der Waals surface area (Å²) in [6.45, 7) is -0.574. The monoisotopic (exact) mass is 138 g/mol. The minimum atomic E-state index is -0.574. The Bertz CT molecular complexity index is 232. The topological polar surface area (TPSA) is 17.1 Å². The highest BCUT2D eigenvalue weighted by molar-refractivity contribution is 5.76. The summed E-state index contributed by atoms with van der Waals surface area (Å²) in [7, 11) is 0. The molecule has 0 aliphatic rings. The molecule has 0 radical (unpaired) electrons. The summed E-state index contributed by atoms with van der Waals surface area (Å²) in [6, 6.07) is 6.62. The Hall–Kier alpha value is -1.18. The molecule has 52 valence electrons. The van der Waals surface area contributed by atoms with Gasteiger partial charge in [-0.05, 0) is 5.56 Å². The molecule has 10 heavy (non-hydrogen) atoms. The van der Waals surface area contributed by atoms with E-state index in [9.17, 15) is 9.18 Å². The van der Waals surface area contributed by atoms with Crippen molar-refractivity contribution in [3.05, 3.63) is 35.4 Å². The molecule has 1 aromatic rings. The smallest absolute Gasteiger partial charge is 0.150 e. The highest BCUT2D eigenvalue weighted by Gasteiger charge is 1.96. The highest BCUT2D eigenvalue weighted by Crippen LogP contribution is 2.06. The first-order chi connectivity index (χ1) is 4.88. The van der Waals surface area contributed by atoms with Gasteiger partial charge in [0, 0.05) is 5.56 Å². The van der Waals surface area contributed by atoms with Gasteiger partial charge in [0.25, 0.3) is 0 Å². The van der Waals surface area contributed by atoms with Gasteiger partial charge in [-0.25, -0.2) is 4.39 Å². The number of benzene rings is 1. The second-order valence-electron chi connectivity index (χ2n) is 1.95. The van der Waals surface area contributed by atoms with Crippen LogP contribution in [-0.4, -0.2) is 6.29 Å². The molecule has 0 atom stereocenters. The van der Waals surface area contributed by atoms with Gasteiger partial charge in [0.2, 0.25) is 0 Å². The molecule has 1 aromatic carbocycles. The van der Waals surface area contributed by atoms with E-state index < -0.39 is 6.67 Å². The second kappa shape index (κ2) is 3.11. The molecule has 0 amide bonds. The first-order valence-electron chi connectivity index (χ1n) is 2.97. The lowest BCUT2D eigenvalue weighted by molar-refractivity contribution is 0.112. The second-order valence-corrected chi connectivity index (χ2v) is 1.95. The minimum absolute atomic E-state index is 0.435. The van der Waals surface area contributed by atoms with E-state index in [1.165, 1.54) is 0 Å². The summed E-state index contributed by atoms with van der Waals surface area (Å²) in [5.74, 6) is 0. The van der Waals surface area contributed by atoms with Crippen LogP contribution in [0.5, 0.6) is 0 Å². The Morgan fingerprint density at radius 2 is 2.10 bits per heavy atom. The van der Waals surface area contributed by atoms with Crippen molar-refractivity contribution >= 4 is 6.29 Å². The number of hydrogen-bond acceptors (Lipinski definition) is 1. The lowest BCUT2D eigenvalue weighted by atomic mass is 10.1. The molecule has 0 unspecified atom stereocenters. The van der Waals surface area contributed by atoms with Gasteiger partial charge in [0.05, 0.1) is 0 Å². The van der Waals surface area contributed by atoms with Crippen LogP contribution in [-0.2, 0) is 6.67 Å². The Labute approximate surface area is 58.5 Å². The van der Waals surface area contributed by atoms with Gasteiger partial charge in [-0.1, -0.05) is 24.3 Å². The Kier molecular flexibility index (Phi) is 2.15. The maximum Gasteiger partial charge on any atom is 0.150 e. The zero-order valence-corrected chi connectivity index (χ0v) is 5.38. The fourth-order valence-corrected chi connectivity index (χ4v) is 0.771. The van der Waals surface area contributed by atoms with E-state index in [0.717, 1.165) is 0 Å². The van der Waals surface area contributed by atoms with E-state index >= 15 is 0 Å². The van der Waals surface area contributed by atoms with Crippen molar-refractivity contribution in [1.29, 1.82) is 0 Å². The van der Waals surface area contributed by atoms with Gasteiger partial charge in [0.15, 0.2) is 0 Å². The Balaban J connectivity index is 3.08. The van der Waals surface area contributed by atoms with Crippen molar-refractivity contribution in [3.8, 4) is 0 Å². The molecular formula is C8H7FO. The van der Waals surface area contributed by atoms with Crippen LogP contribution in [0.15, 0.2) is 24.3 Å². The highest BCUT2D eigenvalue weighted by atomic mass is 19.1. The standard InChI is InChI=1S/C8H7FO/c9-5-7-3-1-2-4-8(7)6-10/h1-4,6H,5H2. The zero-order valence-electron chi connectivity index (χ0n) is 5.38. The summed E-state index contributed by atoms with van der Waals surface area (Å²) in [4.78, 5) is 10.2. The van der Waals surface area contributed by atoms with E-state index in [1.54, 1.807) is 24.3 Å². The van der Waals surface area contributed by atoms with Crippen molar-refractivity contribution < 1.29 is 9.18 Å². The van der Waals surface area contributed by atoms with Gasteiger partial charge in [-0.3, -0.25) is 4.79 Å². The van der Waals surface area contributed by atoms with Gasteiger partial charge < -0.3 is 0 Å². The molecule has 0 bridgehead atoms. The fraction of sp³-hybridized carbons (Fsp3) is 0.125. The van der Waals surface area contributed by atoms with Crippen LogP contribution in [0.25, 0.3) is 0 Å². The Morgan fingerprint density at radius 3 is 2.60 bits per heavy atom. The molecule has 0 fully saturated rings. The molecule has 1 nitrogen and oxygen atoms in total. The third kappa shape index (κ3) is 1.21. The Morgan fingerprint density at radius 1 is 1.40 bits per heavy atom. The minimum Gasteiger partial charge on any atom is -0.298 e. The zero-order chi connectivity index (χ0) is 7.40. The maximum absolute atomic E-state index is 12.0. The van der Waals surface area contributed by atoms with E-state index in [2.05, 4.69) is 0 Å². The lowest BCUT2D eigenvalue weighted by Gasteiger charge is -1.95. The lowest BCUT2D eigenvalue weighted by Crippen LogP contribution is -1.87. The van der Waals surface area contributed by atoms with Gasteiger partial charge in [-0.2, -0.15) is 0 Å². The average Bonchev–Trinajstić information content (AvgIpc) is 2.04. The molecule has 0 heterocycles. The third-order valence-corrected chi connectivity index (χ3v) is 1.33. The number of halogens is 1.